The second-order valence-corrected chi connectivity index (χ2v) is 8.05. The second-order valence-electron chi connectivity index (χ2n) is 8.05. The maximum Gasteiger partial charge on any atom is 0.343 e. The van der Waals surface area contributed by atoms with Gasteiger partial charge in [0.05, 0.1) is 17.8 Å². The molecule has 0 unspecified atom stereocenters. The van der Waals surface area contributed by atoms with Gasteiger partial charge in [-0.15, -0.1) is 0 Å². The summed E-state index contributed by atoms with van der Waals surface area (Å²) in [5, 5.41) is 3.40. The highest BCUT2D eigenvalue weighted by atomic mass is 19.1. The van der Waals surface area contributed by atoms with E-state index in [1.54, 1.807) is 29.5 Å². The average Bonchev–Trinajstić information content (AvgIpc) is 2.75. The first-order valence-electron chi connectivity index (χ1n) is 10.8. The van der Waals surface area contributed by atoms with Crippen molar-refractivity contribution < 1.29 is 18.7 Å². The van der Waals surface area contributed by atoms with Crippen LogP contribution >= 0.6 is 0 Å². The third-order valence-corrected chi connectivity index (χ3v) is 5.84. The zero-order valence-corrected chi connectivity index (χ0v) is 18.4. The molecule has 3 rings (SSSR count). The summed E-state index contributed by atoms with van der Waals surface area (Å²) in [5.74, 6) is -1.36. The number of fused-ring (bicyclic) bond motifs is 1. The van der Waals surface area contributed by atoms with Gasteiger partial charge in [-0.3, -0.25) is 9.59 Å². The van der Waals surface area contributed by atoms with Crippen molar-refractivity contribution in [2.45, 2.75) is 58.5 Å². The first-order valence-corrected chi connectivity index (χ1v) is 10.8. The Hall–Kier alpha value is -2.90. The number of carbonyl (C=O) groups excluding carboxylic acids is 2. The van der Waals surface area contributed by atoms with E-state index in [-0.39, 0.29) is 29.5 Å². The van der Waals surface area contributed by atoms with Gasteiger partial charge in [-0.2, -0.15) is 0 Å². The Bertz CT molecular complexity index is 1030. The van der Waals surface area contributed by atoms with Crippen LogP contribution in [-0.2, 0) is 16.1 Å². The van der Waals surface area contributed by atoms with Crippen molar-refractivity contribution in [3.8, 4) is 0 Å². The van der Waals surface area contributed by atoms with Crippen molar-refractivity contribution in [1.82, 2.24) is 9.47 Å². The Labute approximate surface area is 181 Å². The number of nitrogens with zero attached hydrogens (tertiary/aromatic N) is 2. The summed E-state index contributed by atoms with van der Waals surface area (Å²) in [5.41, 5.74) is 0.144. The minimum Gasteiger partial charge on any atom is -0.462 e. The van der Waals surface area contributed by atoms with E-state index in [0.29, 0.717) is 24.3 Å². The number of nitrogens with one attached hydrogen (secondary N) is 1. The van der Waals surface area contributed by atoms with Gasteiger partial charge in [0.15, 0.2) is 0 Å². The van der Waals surface area contributed by atoms with Crippen LogP contribution in [0.5, 0.6) is 0 Å². The Morgan fingerprint density at radius 1 is 1.26 bits per heavy atom. The lowest BCUT2D eigenvalue weighted by Crippen LogP contribution is -2.29. The second kappa shape index (κ2) is 9.94. The van der Waals surface area contributed by atoms with Crippen LogP contribution in [0.25, 0.3) is 10.9 Å². The van der Waals surface area contributed by atoms with Gasteiger partial charge in [0.25, 0.3) is 0 Å². The summed E-state index contributed by atoms with van der Waals surface area (Å²) < 4.78 is 21.6. The van der Waals surface area contributed by atoms with Crippen molar-refractivity contribution in [2.75, 3.05) is 25.5 Å². The molecule has 1 aliphatic rings. The third-order valence-electron chi connectivity index (χ3n) is 5.84. The molecule has 8 heteroatoms. The number of anilines is 1. The summed E-state index contributed by atoms with van der Waals surface area (Å²) >= 11 is 0. The highest BCUT2D eigenvalue weighted by Crippen LogP contribution is 2.26. The lowest BCUT2D eigenvalue weighted by atomic mass is 9.95. The van der Waals surface area contributed by atoms with Crippen LogP contribution < -0.4 is 10.7 Å². The number of likely N-dealkylation sites (N-methyl/N-ethyl adjacent to an activating group) is 1. The fraction of sp³-hybridized carbons (Fsp3) is 0.522. The first-order chi connectivity index (χ1) is 14.8. The molecule has 31 heavy (non-hydrogen) atoms. The number of amides is 1. The number of esters is 1. The molecule has 7 nitrogen and oxygen atoms in total. The molecule has 2 aromatic rings. The van der Waals surface area contributed by atoms with Crippen molar-refractivity contribution in [2.24, 2.45) is 0 Å². The van der Waals surface area contributed by atoms with Crippen molar-refractivity contribution in [3.63, 3.8) is 0 Å². The largest absolute Gasteiger partial charge is 0.462 e. The van der Waals surface area contributed by atoms with Crippen molar-refractivity contribution >= 4 is 28.5 Å². The Morgan fingerprint density at radius 3 is 2.61 bits per heavy atom. The molecule has 0 spiro atoms. The molecule has 0 radical (unpaired) electrons. The van der Waals surface area contributed by atoms with Crippen LogP contribution in [0.4, 0.5) is 10.1 Å². The predicted molar refractivity (Wildman–Crippen MR) is 118 cm³/mol. The molecule has 168 valence electrons. The monoisotopic (exact) mass is 431 g/mol. The number of pyridine rings is 1. The normalized spacial score (nSPS) is 14.5. The van der Waals surface area contributed by atoms with Crippen LogP contribution in [0.1, 0.15) is 56.3 Å². The maximum absolute atomic E-state index is 14.9. The molecule has 1 fully saturated rings. The van der Waals surface area contributed by atoms with E-state index in [1.807, 2.05) is 0 Å². The maximum atomic E-state index is 14.9. The van der Waals surface area contributed by atoms with Gasteiger partial charge in [0, 0.05) is 44.7 Å². The number of halogens is 1. The first kappa shape index (κ1) is 22.8. The zero-order valence-electron chi connectivity index (χ0n) is 18.4. The van der Waals surface area contributed by atoms with Gasteiger partial charge in [-0.1, -0.05) is 19.3 Å². The molecule has 1 amide bonds. The van der Waals surface area contributed by atoms with E-state index in [0.717, 1.165) is 25.7 Å². The molecular formula is C23H30FN3O4. The number of ether oxygens (including phenoxy) is 1. The fourth-order valence-corrected chi connectivity index (χ4v) is 3.94. The van der Waals surface area contributed by atoms with Crippen LogP contribution in [0.15, 0.2) is 23.1 Å². The molecule has 0 atom stereocenters. The van der Waals surface area contributed by atoms with E-state index in [2.05, 4.69) is 5.32 Å². The summed E-state index contributed by atoms with van der Waals surface area (Å²) in [7, 11) is 1.68. The summed E-state index contributed by atoms with van der Waals surface area (Å²) in [6, 6.07) is 3.02. The van der Waals surface area contributed by atoms with Gasteiger partial charge in [0.2, 0.25) is 11.3 Å². The summed E-state index contributed by atoms with van der Waals surface area (Å²) in [6.45, 7) is 3.96. The minimum absolute atomic E-state index is 0.0957. The lowest BCUT2D eigenvalue weighted by molar-refractivity contribution is -0.127. The molecule has 1 saturated carbocycles. The van der Waals surface area contributed by atoms with E-state index in [4.69, 9.17) is 4.74 Å². The van der Waals surface area contributed by atoms with Gasteiger partial charge in [-0.05, 0) is 31.9 Å². The van der Waals surface area contributed by atoms with Gasteiger partial charge >= 0.3 is 5.97 Å². The number of hydrogen-bond donors (Lipinski definition) is 1. The molecule has 1 N–H and O–H groups in total. The van der Waals surface area contributed by atoms with Crippen LogP contribution in [0.3, 0.4) is 0 Å². The Kier molecular flexibility index (Phi) is 7.30. The van der Waals surface area contributed by atoms with Gasteiger partial charge < -0.3 is 19.5 Å². The van der Waals surface area contributed by atoms with E-state index >= 15 is 0 Å². The molecule has 0 bridgehead atoms. The van der Waals surface area contributed by atoms with Crippen LogP contribution in [0, 0.1) is 5.82 Å². The summed E-state index contributed by atoms with van der Waals surface area (Å²) in [4.78, 5) is 38.4. The van der Waals surface area contributed by atoms with E-state index < -0.39 is 17.2 Å². The number of carbonyl (C=O) groups is 2. The fourth-order valence-electron chi connectivity index (χ4n) is 3.94. The lowest BCUT2D eigenvalue weighted by Gasteiger charge is -2.25. The smallest absolute Gasteiger partial charge is 0.343 e. The van der Waals surface area contributed by atoms with E-state index in [1.165, 1.54) is 25.6 Å². The molecule has 0 aliphatic heterocycles. The van der Waals surface area contributed by atoms with Gasteiger partial charge in [0.1, 0.15) is 11.4 Å². The number of rotatable bonds is 7. The van der Waals surface area contributed by atoms with Crippen LogP contribution in [-0.4, -0.2) is 47.6 Å². The SMILES string of the molecule is CCOC(=O)c1cn(CCN(C)C(C)=O)c2cc(NC3CCCCC3)c(F)cc2c1=O. The molecular weight excluding hydrogens is 401 g/mol. The number of benzene rings is 1. The predicted octanol–water partition coefficient (Wildman–Crippen LogP) is 3.54. The average molecular weight is 432 g/mol. The summed E-state index contributed by atoms with van der Waals surface area (Å²) in [6.07, 6.45) is 6.82. The number of aromatic nitrogens is 1. The topological polar surface area (TPSA) is 80.6 Å². The zero-order chi connectivity index (χ0) is 22.5. The minimum atomic E-state index is -0.743. The highest BCUT2D eigenvalue weighted by Gasteiger charge is 2.20. The molecule has 1 aliphatic carbocycles. The molecule has 0 saturated heterocycles. The number of hydrogen-bond acceptors (Lipinski definition) is 5. The van der Waals surface area contributed by atoms with Crippen molar-refractivity contribution in [3.05, 3.63) is 39.9 Å². The highest BCUT2D eigenvalue weighted by molar-refractivity contribution is 5.94. The molecule has 1 aromatic heterocycles. The molecule has 1 heterocycles. The van der Waals surface area contributed by atoms with Gasteiger partial charge in [-0.25, -0.2) is 9.18 Å². The standard InChI is InChI=1S/C23H30FN3O4/c1-4-31-23(30)18-14-27(11-10-26(3)15(2)28)21-13-20(19(24)12-17(21)22(18)29)25-16-8-6-5-7-9-16/h12-14,16,25H,4-11H2,1-3H3. The third kappa shape index (κ3) is 5.24. The molecule has 1 aromatic carbocycles. The quantitative estimate of drug-likeness (QED) is 0.679. The van der Waals surface area contributed by atoms with E-state index in [9.17, 15) is 18.8 Å². The Morgan fingerprint density at radius 2 is 1.97 bits per heavy atom. The Balaban J connectivity index is 2.07. The van der Waals surface area contributed by atoms with Crippen molar-refractivity contribution in [1.29, 1.82) is 0 Å². The van der Waals surface area contributed by atoms with Crippen LogP contribution in [0.2, 0.25) is 0 Å².